The number of hydrogen-bond donors (Lipinski definition) is 0. The van der Waals surface area contributed by atoms with Crippen molar-refractivity contribution in [1.29, 1.82) is 0 Å². The molecule has 1 aromatic rings. The Morgan fingerprint density at radius 3 is 2.19 bits per heavy atom. The van der Waals surface area contributed by atoms with E-state index in [9.17, 15) is 9.59 Å². The predicted molar refractivity (Wildman–Crippen MR) is 103 cm³/mol. The van der Waals surface area contributed by atoms with Crippen molar-refractivity contribution < 1.29 is 9.59 Å². The first-order valence-corrected chi connectivity index (χ1v) is 10.1. The third-order valence-electron chi connectivity index (χ3n) is 5.92. The van der Waals surface area contributed by atoms with Crippen LogP contribution in [0.5, 0.6) is 0 Å². The van der Waals surface area contributed by atoms with Crippen LogP contribution in [-0.2, 0) is 16.1 Å². The van der Waals surface area contributed by atoms with E-state index in [1.54, 1.807) is 0 Å². The van der Waals surface area contributed by atoms with Crippen molar-refractivity contribution in [3.8, 4) is 0 Å². The van der Waals surface area contributed by atoms with Gasteiger partial charge in [-0.15, -0.1) is 0 Å². The van der Waals surface area contributed by atoms with Crippen molar-refractivity contribution in [2.75, 3.05) is 13.1 Å². The van der Waals surface area contributed by atoms with Gasteiger partial charge >= 0.3 is 0 Å². The molecule has 3 rings (SSSR count). The highest BCUT2D eigenvalue weighted by Gasteiger charge is 2.37. The average molecular weight is 357 g/mol. The van der Waals surface area contributed by atoms with Crippen LogP contribution in [0.1, 0.15) is 52.0 Å². The van der Waals surface area contributed by atoms with E-state index >= 15 is 0 Å². The molecule has 1 saturated carbocycles. The van der Waals surface area contributed by atoms with Crippen molar-refractivity contribution in [1.82, 2.24) is 9.80 Å². The number of piperidine rings is 1. The third-order valence-corrected chi connectivity index (χ3v) is 5.92. The minimum atomic E-state index is 0.0340. The molecule has 1 saturated heterocycles. The van der Waals surface area contributed by atoms with Gasteiger partial charge in [-0.2, -0.15) is 0 Å². The van der Waals surface area contributed by atoms with Crippen LogP contribution in [0.25, 0.3) is 0 Å². The summed E-state index contributed by atoms with van der Waals surface area (Å²) in [5.41, 5.74) is 1.20. The Morgan fingerprint density at radius 1 is 1.04 bits per heavy atom. The Balaban J connectivity index is 1.65. The number of benzene rings is 1. The molecule has 0 spiro atoms. The smallest absolute Gasteiger partial charge is 0.226 e. The molecule has 1 aliphatic heterocycles. The molecular formula is C22H32N2O2. The molecule has 1 heterocycles. The van der Waals surface area contributed by atoms with Gasteiger partial charge in [-0.3, -0.25) is 9.59 Å². The van der Waals surface area contributed by atoms with Crippen molar-refractivity contribution >= 4 is 11.8 Å². The molecule has 0 aromatic heterocycles. The SMILES string of the molecule is CC(C)C(=O)N1CCC(C(=O)N(Cc2ccccc2)C(C)C2CC2)CC1. The van der Waals surface area contributed by atoms with Gasteiger partial charge in [0, 0.05) is 37.5 Å². The second-order valence-electron chi connectivity index (χ2n) is 8.28. The Kier molecular flexibility index (Phi) is 6.00. The van der Waals surface area contributed by atoms with E-state index in [1.807, 2.05) is 36.9 Å². The monoisotopic (exact) mass is 356 g/mol. The first-order chi connectivity index (χ1) is 12.5. The summed E-state index contributed by atoms with van der Waals surface area (Å²) in [4.78, 5) is 29.5. The Labute approximate surface area is 157 Å². The summed E-state index contributed by atoms with van der Waals surface area (Å²) in [6.07, 6.45) is 4.06. The lowest BCUT2D eigenvalue weighted by Crippen LogP contribution is -2.47. The summed E-state index contributed by atoms with van der Waals surface area (Å²) < 4.78 is 0. The summed E-state index contributed by atoms with van der Waals surface area (Å²) in [5.74, 6) is 1.24. The second-order valence-corrected chi connectivity index (χ2v) is 8.28. The largest absolute Gasteiger partial charge is 0.342 e. The fraction of sp³-hybridized carbons (Fsp3) is 0.636. The number of carbonyl (C=O) groups excluding carboxylic acids is 2. The van der Waals surface area contributed by atoms with Gasteiger partial charge in [0.15, 0.2) is 0 Å². The van der Waals surface area contributed by atoms with Gasteiger partial charge < -0.3 is 9.80 Å². The molecule has 2 amide bonds. The molecule has 4 nitrogen and oxygen atoms in total. The second kappa shape index (κ2) is 8.24. The molecule has 1 atom stereocenters. The zero-order valence-electron chi connectivity index (χ0n) is 16.4. The lowest BCUT2D eigenvalue weighted by Gasteiger charge is -2.37. The lowest BCUT2D eigenvalue weighted by atomic mass is 9.93. The van der Waals surface area contributed by atoms with Crippen LogP contribution < -0.4 is 0 Å². The number of nitrogens with zero attached hydrogens (tertiary/aromatic N) is 2. The minimum absolute atomic E-state index is 0.0340. The van der Waals surface area contributed by atoms with Crippen LogP contribution in [-0.4, -0.2) is 40.7 Å². The Hall–Kier alpha value is -1.84. The Bertz CT molecular complexity index is 616. The number of hydrogen-bond acceptors (Lipinski definition) is 2. The van der Waals surface area contributed by atoms with Gasteiger partial charge in [-0.25, -0.2) is 0 Å². The quantitative estimate of drug-likeness (QED) is 0.780. The van der Waals surface area contributed by atoms with E-state index in [4.69, 9.17) is 0 Å². The normalized spacial score (nSPS) is 19.5. The summed E-state index contributed by atoms with van der Waals surface area (Å²) in [5, 5.41) is 0. The number of likely N-dealkylation sites (tertiary alicyclic amines) is 1. The molecule has 1 aromatic carbocycles. The van der Waals surface area contributed by atoms with Gasteiger partial charge in [-0.05, 0) is 44.1 Å². The summed E-state index contributed by atoms with van der Waals surface area (Å²) in [7, 11) is 0. The molecule has 1 aliphatic carbocycles. The molecular weight excluding hydrogens is 324 g/mol. The van der Waals surface area contributed by atoms with Crippen LogP contribution in [0.4, 0.5) is 0 Å². The molecule has 4 heteroatoms. The lowest BCUT2D eigenvalue weighted by molar-refractivity contribution is -0.144. The zero-order valence-corrected chi connectivity index (χ0v) is 16.4. The van der Waals surface area contributed by atoms with E-state index < -0.39 is 0 Å². The highest BCUT2D eigenvalue weighted by molar-refractivity contribution is 5.81. The highest BCUT2D eigenvalue weighted by Crippen LogP contribution is 2.37. The van der Waals surface area contributed by atoms with Gasteiger partial charge in [0.2, 0.25) is 11.8 Å². The van der Waals surface area contributed by atoms with Crippen molar-refractivity contribution in [3.63, 3.8) is 0 Å². The van der Waals surface area contributed by atoms with Crippen molar-refractivity contribution in [2.45, 2.75) is 59.0 Å². The van der Waals surface area contributed by atoms with Gasteiger partial charge in [0.05, 0.1) is 0 Å². The van der Waals surface area contributed by atoms with Gasteiger partial charge in [-0.1, -0.05) is 44.2 Å². The van der Waals surface area contributed by atoms with E-state index in [2.05, 4.69) is 24.0 Å². The Morgan fingerprint density at radius 2 is 1.65 bits per heavy atom. The molecule has 142 valence electrons. The minimum Gasteiger partial charge on any atom is -0.342 e. The van der Waals surface area contributed by atoms with E-state index in [0.29, 0.717) is 31.6 Å². The fourth-order valence-corrected chi connectivity index (χ4v) is 3.98. The number of rotatable bonds is 6. The average Bonchev–Trinajstić information content (AvgIpc) is 3.50. The standard InChI is InChI=1S/C22H32N2O2/c1-16(2)21(25)23-13-11-20(12-14-23)22(26)24(17(3)19-9-10-19)15-18-7-5-4-6-8-18/h4-8,16-17,19-20H,9-15H2,1-3H3. The summed E-state index contributed by atoms with van der Waals surface area (Å²) in [6, 6.07) is 10.6. The third kappa shape index (κ3) is 4.46. The summed E-state index contributed by atoms with van der Waals surface area (Å²) in [6.45, 7) is 8.21. The van der Waals surface area contributed by atoms with Crippen LogP contribution in [0, 0.1) is 17.8 Å². The van der Waals surface area contributed by atoms with Gasteiger partial charge in [0.25, 0.3) is 0 Å². The molecule has 0 bridgehead atoms. The van der Waals surface area contributed by atoms with Crippen LogP contribution >= 0.6 is 0 Å². The van der Waals surface area contributed by atoms with Gasteiger partial charge in [0.1, 0.15) is 0 Å². The van der Waals surface area contributed by atoms with Crippen LogP contribution in [0.2, 0.25) is 0 Å². The molecule has 26 heavy (non-hydrogen) atoms. The van der Waals surface area contributed by atoms with Crippen LogP contribution in [0.3, 0.4) is 0 Å². The summed E-state index contributed by atoms with van der Waals surface area (Å²) >= 11 is 0. The predicted octanol–water partition coefficient (Wildman–Crippen LogP) is 3.71. The zero-order chi connectivity index (χ0) is 18.7. The van der Waals surface area contributed by atoms with E-state index in [0.717, 1.165) is 12.8 Å². The molecule has 2 aliphatic rings. The maximum absolute atomic E-state index is 13.3. The first kappa shape index (κ1) is 18.9. The molecule has 2 fully saturated rings. The maximum Gasteiger partial charge on any atom is 0.226 e. The maximum atomic E-state index is 13.3. The number of carbonyl (C=O) groups is 2. The topological polar surface area (TPSA) is 40.6 Å². The first-order valence-electron chi connectivity index (χ1n) is 10.1. The van der Waals surface area contributed by atoms with Crippen molar-refractivity contribution in [3.05, 3.63) is 35.9 Å². The number of amides is 2. The molecule has 1 unspecified atom stereocenters. The fourth-order valence-electron chi connectivity index (χ4n) is 3.98. The van der Waals surface area contributed by atoms with Crippen LogP contribution in [0.15, 0.2) is 30.3 Å². The van der Waals surface area contributed by atoms with E-state index in [-0.39, 0.29) is 23.7 Å². The molecule has 0 radical (unpaired) electrons. The van der Waals surface area contributed by atoms with Crippen molar-refractivity contribution in [2.24, 2.45) is 17.8 Å². The molecule has 0 N–H and O–H groups in total. The highest BCUT2D eigenvalue weighted by atomic mass is 16.2. The van der Waals surface area contributed by atoms with E-state index in [1.165, 1.54) is 18.4 Å².